The molecule has 2 heterocycles. The number of piperidine rings is 1. The molecule has 0 spiro atoms. The summed E-state index contributed by atoms with van der Waals surface area (Å²) >= 11 is 3.51. The highest BCUT2D eigenvalue weighted by Crippen LogP contribution is 2.33. The van der Waals surface area contributed by atoms with Gasteiger partial charge < -0.3 is 29.1 Å². The van der Waals surface area contributed by atoms with Gasteiger partial charge in [-0.2, -0.15) is 0 Å². The monoisotopic (exact) mass is 696 g/mol. The van der Waals surface area contributed by atoms with Crippen molar-refractivity contribution in [2.45, 2.75) is 78.0 Å². The summed E-state index contributed by atoms with van der Waals surface area (Å²) in [5.74, 6) is 1.29. The van der Waals surface area contributed by atoms with Crippen molar-refractivity contribution in [1.29, 1.82) is 0 Å². The number of benzene rings is 2. The van der Waals surface area contributed by atoms with Gasteiger partial charge in [-0.3, -0.25) is 9.59 Å². The first-order valence-electron chi connectivity index (χ1n) is 16.6. The number of hydrogen-bond acceptors (Lipinski definition) is 6. The van der Waals surface area contributed by atoms with Crippen LogP contribution < -0.4 is 9.64 Å². The molecular formula is C36H49BrN4O5. The van der Waals surface area contributed by atoms with Crippen LogP contribution in [0.15, 0.2) is 53.0 Å². The van der Waals surface area contributed by atoms with Crippen LogP contribution in [0.3, 0.4) is 0 Å². The van der Waals surface area contributed by atoms with Crippen molar-refractivity contribution < 1.29 is 23.9 Å². The predicted octanol–water partition coefficient (Wildman–Crippen LogP) is 6.34. The van der Waals surface area contributed by atoms with E-state index < -0.39 is 11.2 Å². The van der Waals surface area contributed by atoms with E-state index in [2.05, 4.69) is 37.9 Å². The summed E-state index contributed by atoms with van der Waals surface area (Å²) in [7, 11) is 0. The second-order valence-corrected chi connectivity index (χ2v) is 15.4. The fraction of sp³-hybridized carbons (Fsp3) is 0.583. The highest BCUT2D eigenvalue weighted by Gasteiger charge is 2.38. The molecule has 9 nitrogen and oxygen atoms in total. The molecule has 2 saturated heterocycles. The van der Waals surface area contributed by atoms with Gasteiger partial charge in [0.15, 0.2) is 5.60 Å². The number of rotatable bonds is 9. The first-order chi connectivity index (χ1) is 21.8. The molecule has 10 heteroatoms. The third-order valence-electron chi connectivity index (χ3n) is 8.83. The number of anilines is 1. The Balaban J connectivity index is 1.19. The summed E-state index contributed by atoms with van der Waals surface area (Å²) < 4.78 is 12.9. The van der Waals surface area contributed by atoms with Crippen LogP contribution in [0.4, 0.5) is 10.5 Å². The zero-order valence-corrected chi connectivity index (χ0v) is 29.6. The molecule has 1 aliphatic carbocycles. The predicted molar refractivity (Wildman–Crippen MR) is 183 cm³/mol. The van der Waals surface area contributed by atoms with E-state index in [1.54, 1.807) is 23.6 Å². The summed E-state index contributed by atoms with van der Waals surface area (Å²) in [4.78, 5) is 47.7. The smallest absolute Gasteiger partial charge is 0.410 e. The van der Waals surface area contributed by atoms with Crippen molar-refractivity contribution in [3.05, 3.63) is 58.6 Å². The van der Waals surface area contributed by atoms with E-state index in [0.717, 1.165) is 41.7 Å². The van der Waals surface area contributed by atoms with Gasteiger partial charge in [-0.25, -0.2) is 4.79 Å². The van der Waals surface area contributed by atoms with Crippen molar-refractivity contribution in [1.82, 2.24) is 14.7 Å². The van der Waals surface area contributed by atoms with E-state index in [1.807, 2.05) is 57.2 Å². The Morgan fingerprint density at radius 1 is 0.891 bits per heavy atom. The molecule has 250 valence electrons. The van der Waals surface area contributed by atoms with E-state index in [4.69, 9.17) is 9.47 Å². The van der Waals surface area contributed by atoms with Crippen LogP contribution in [0.1, 0.15) is 65.9 Å². The first-order valence-corrected chi connectivity index (χ1v) is 17.4. The van der Waals surface area contributed by atoms with Crippen molar-refractivity contribution in [2.24, 2.45) is 11.8 Å². The fourth-order valence-electron chi connectivity index (χ4n) is 6.21. The van der Waals surface area contributed by atoms with E-state index in [0.29, 0.717) is 50.9 Å². The Morgan fingerprint density at radius 2 is 1.57 bits per heavy atom. The van der Waals surface area contributed by atoms with E-state index in [9.17, 15) is 14.4 Å². The largest absolute Gasteiger partial charge is 0.478 e. The van der Waals surface area contributed by atoms with Gasteiger partial charge in [0.1, 0.15) is 11.4 Å². The Bertz CT molecular complexity index is 1380. The Labute approximate surface area is 282 Å². The maximum Gasteiger partial charge on any atom is 0.410 e. The number of amides is 3. The Morgan fingerprint density at radius 3 is 2.22 bits per heavy atom. The summed E-state index contributed by atoms with van der Waals surface area (Å²) in [6, 6.07) is 16.1. The van der Waals surface area contributed by atoms with E-state index >= 15 is 0 Å². The lowest BCUT2D eigenvalue weighted by Gasteiger charge is -2.39. The molecule has 3 aliphatic rings. The molecule has 3 fully saturated rings. The number of halogens is 1. The van der Waals surface area contributed by atoms with Gasteiger partial charge in [-0.15, -0.1) is 0 Å². The molecule has 2 aromatic carbocycles. The third kappa shape index (κ3) is 9.17. The lowest BCUT2D eigenvalue weighted by Crippen LogP contribution is -2.57. The normalized spacial score (nSPS) is 19.1. The molecular weight excluding hydrogens is 648 g/mol. The van der Waals surface area contributed by atoms with Gasteiger partial charge in [0.2, 0.25) is 5.91 Å². The lowest BCUT2D eigenvalue weighted by atomic mass is 9.95. The third-order valence-corrected chi connectivity index (χ3v) is 9.36. The maximum atomic E-state index is 13.9. The quantitative estimate of drug-likeness (QED) is 0.304. The zero-order chi connectivity index (χ0) is 33.1. The van der Waals surface area contributed by atoms with Gasteiger partial charge >= 0.3 is 6.09 Å². The number of carbonyl (C=O) groups excluding carboxylic acids is 3. The van der Waals surface area contributed by atoms with Crippen molar-refractivity contribution in [3.8, 4) is 5.75 Å². The Kier molecular flexibility index (Phi) is 10.5. The minimum atomic E-state index is -1.09. The lowest BCUT2D eigenvalue weighted by molar-refractivity contribution is -0.147. The topological polar surface area (TPSA) is 82.6 Å². The summed E-state index contributed by atoms with van der Waals surface area (Å²) in [5, 5.41) is 0. The van der Waals surface area contributed by atoms with Crippen LogP contribution in [0.25, 0.3) is 0 Å². The number of piperazine rings is 1. The molecule has 2 aliphatic heterocycles. The Hall–Kier alpha value is -3.27. The van der Waals surface area contributed by atoms with Crippen LogP contribution in [0.5, 0.6) is 5.75 Å². The van der Waals surface area contributed by atoms with Gasteiger partial charge in [-0.05, 0) is 96.0 Å². The number of ether oxygens (including phenoxy) is 2. The molecule has 46 heavy (non-hydrogen) atoms. The molecule has 1 atom stereocenters. The van der Waals surface area contributed by atoms with Crippen molar-refractivity contribution >= 4 is 39.5 Å². The van der Waals surface area contributed by atoms with Gasteiger partial charge in [0.25, 0.3) is 5.91 Å². The fourth-order valence-corrected chi connectivity index (χ4v) is 6.47. The van der Waals surface area contributed by atoms with Crippen molar-refractivity contribution in [3.63, 3.8) is 0 Å². The molecule has 0 bridgehead atoms. The van der Waals surface area contributed by atoms with Crippen LogP contribution in [0, 0.1) is 11.8 Å². The van der Waals surface area contributed by atoms with Crippen LogP contribution in [-0.4, -0.2) is 89.6 Å². The van der Waals surface area contributed by atoms with E-state index in [-0.39, 0.29) is 23.8 Å². The summed E-state index contributed by atoms with van der Waals surface area (Å²) in [5.41, 5.74) is 0.488. The van der Waals surface area contributed by atoms with Gasteiger partial charge in [0.05, 0.1) is 5.92 Å². The second kappa shape index (κ2) is 14.2. The molecule has 5 rings (SSSR count). The highest BCUT2D eigenvalue weighted by molar-refractivity contribution is 9.10. The van der Waals surface area contributed by atoms with E-state index in [1.165, 1.54) is 12.8 Å². The van der Waals surface area contributed by atoms with Crippen LogP contribution in [0.2, 0.25) is 0 Å². The molecule has 3 amide bonds. The molecule has 0 N–H and O–H groups in total. The summed E-state index contributed by atoms with van der Waals surface area (Å²) in [6.07, 6.45) is 3.88. The molecule has 1 saturated carbocycles. The molecule has 0 aromatic heterocycles. The second-order valence-electron chi connectivity index (χ2n) is 14.4. The van der Waals surface area contributed by atoms with Gasteiger partial charge in [-0.1, -0.05) is 34.1 Å². The highest BCUT2D eigenvalue weighted by atomic mass is 79.9. The maximum absolute atomic E-state index is 13.9. The van der Waals surface area contributed by atoms with Gasteiger partial charge in [0, 0.05) is 68.6 Å². The zero-order valence-electron chi connectivity index (χ0n) is 28.0. The van der Waals surface area contributed by atoms with Crippen molar-refractivity contribution in [2.75, 3.05) is 50.7 Å². The average molecular weight is 698 g/mol. The van der Waals surface area contributed by atoms with Crippen LogP contribution in [-0.2, 0) is 20.9 Å². The number of nitrogens with zero attached hydrogens (tertiary/aromatic N) is 4. The minimum Gasteiger partial charge on any atom is -0.478 e. The molecule has 0 radical (unpaired) electrons. The standard InChI is InChI=1S/C36H49BrN4O5/c1-35(2,3)46-34(44)39-20-18-38(19-21-39)33(43)36(4,5)45-31-10-6-9-30(22-31)40-17-7-8-28(25-40)32(42)41(23-26-11-12-26)24-27-13-15-29(37)16-14-27/h6,9-10,13-16,22,26,28H,7-8,11-12,17-21,23-25H2,1-5H3/t28-/m1/s1. The molecule has 2 aromatic rings. The number of hydrogen-bond donors (Lipinski definition) is 0. The minimum absolute atomic E-state index is 0.0649. The summed E-state index contributed by atoms with van der Waals surface area (Å²) in [6.45, 7) is 13.8. The SMILES string of the molecule is CC(C)(C)OC(=O)N1CCN(C(=O)C(C)(C)Oc2cccc(N3CCC[C@@H](C(=O)N(Cc4ccc(Br)cc4)CC4CC4)C3)c2)CC1. The molecule has 0 unspecified atom stereocenters. The first kappa shape index (κ1) is 34.1. The van der Waals surface area contributed by atoms with Crippen LogP contribution >= 0.6 is 15.9 Å². The average Bonchev–Trinajstić information content (AvgIpc) is 3.84. The number of carbonyl (C=O) groups is 3.